The van der Waals surface area contributed by atoms with Gasteiger partial charge in [-0.2, -0.15) is 0 Å². The molecule has 8 heteroatoms. The predicted molar refractivity (Wildman–Crippen MR) is 111 cm³/mol. The van der Waals surface area contributed by atoms with Crippen LogP contribution in [0.25, 0.3) is 0 Å². The van der Waals surface area contributed by atoms with Crippen molar-refractivity contribution in [3.63, 3.8) is 0 Å². The Hall–Kier alpha value is -2.09. The lowest BCUT2D eigenvalue weighted by molar-refractivity contribution is -0.387. The van der Waals surface area contributed by atoms with Crippen molar-refractivity contribution in [1.29, 1.82) is 0 Å². The van der Waals surface area contributed by atoms with Crippen LogP contribution in [0, 0.1) is 10.1 Å². The summed E-state index contributed by atoms with van der Waals surface area (Å²) in [7, 11) is 0. The van der Waals surface area contributed by atoms with Crippen molar-refractivity contribution in [3.05, 3.63) is 63.2 Å². The molecule has 28 heavy (non-hydrogen) atoms. The summed E-state index contributed by atoms with van der Waals surface area (Å²) in [5, 5.41) is 15.0. The summed E-state index contributed by atoms with van der Waals surface area (Å²) in [6, 6.07) is 12.1. The lowest BCUT2D eigenvalue weighted by atomic mass is 10.1. The Balaban J connectivity index is 1.74. The van der Waals surface area contributed by atoms with E-state index in [1.165, 1.54) is 17.8 Å². The van der Waals surface area contributed by atoms with Crippen LogP contribution in [0.5, 0.6) is 0 Å². The van der Waals surface area contributed by atoms with E-state index in [-0.39, 0.29) is 17.2 Å². The van der Waals surface area contributed by atoms with Gasteiger partial charge in [-0.1, -0.05) is 42.4 Å². The largest absolute Gasteiger partial charge is 0.350 e. The molecule has 0 unspecified atom stereocenters. The van der Waals surface area contributed by atoms with Gasteiger partial charge in [0.25, 0.3) is 11.6 Å². The van der Waals surface area contributed by atoms with E-state index in [9.17, 15) is 14.9 Å². The Morgan fingerprint density at radius 2 is 2.11 bits per heavy atom. The topological polar surface area (TPSA) is 75.5 Å². The number of nitro groups is 1. The predicted octanol–water partition coefficient (Wildman–Crippen LogP) is 4.61. The first-order chi connectivity index (χ1) is 13.5. The second-order valence-electron chi connectivity index (χ2n) is 6.61. The van der Waals surface area contributed by atoms with Crippen LogP contribution in [0.15, 0.2) is 52.3 Å². The summed E-state index contributed by atoms with van der Waals surface area (Å²) in [5.74, 6) is -0.291. The smallest absolute Gasteiger partial charge is 0.284 e. The molecule has 3 rings (SSSR count). The first-order valence-corrected chi connectivity index (χ1v) is 10.4. The molecule has 0 spiro atoms. The van der Waals surface area contributed by atoms with Gasteiger partial charge in [0.1, 0.15) is 0 Å². The number of halogens is 1. The molecule has 1 atom stereocenters. The molecule has 1 aliphatic rings. The fourth-order valence-electron chi connectivity index (χ4n) is 3.39. The molecular formula is C20H22ClN3O3S. The zero-order valence-electron chi connectivity index (χ0n) is 15.6. The zero-order valence-corrected chi connectivity index (χ0v) is 17.1. The first-order valence-electron chi connectivity index (χ1n) is 9.22. The molecule has 1 aliphatic heterocycles. The summed E-state index contributed by atoms with van der Waals surface area (Å²) in [4.78, 5) is 27.1. The molecule has 0 radical (unpaired) electrons. The highest BCUT2D eigenvalue weighted by Crippen LogP contribution is 2.38. The van der Waals surface area contributed by atoms with Crippen molar-refractivity contribution in [2.75, 3.05) is 19.6 Å². The van der Waals surface area contributed by atoms with Gasteiger partial charge < -0.3 is 5.32 Å². The lowest BCUT2D eigenvalue weighted by Crippen LogP contribution is -2.40. The standard InChI is InChI=1S/C20H22ClN3O3S/c1-2-23-11-5-6-15(23)13-22-20(25)14-9-10-19(17(12-14)24(26)27)28-18-8-4-3-7-16(18)21/h3-4,7-10,12,15H,2,5-6,11,13H2,1H3,(H,22,25)/t15-/m0/s1. The maximum Gasteiger partial charge on any atom is 0.284 e. The summed E-state index contributed by atoms with van der Waals surface area (Å²) in [5.41, 5.74) is 0.185. The Morgan fingerprint density at radius 1 is 1.32 bits per heavy atom. The SMILES string of the molecule is CCN1CCC[C@H]1CNC(=O)c1ccc(Sc2ccccc2Cl)c([N+](=O)[O-])c1. The Labute approximate surface area is 173 Å². The van der Waals surface area contributed by atoms with E-state index in [0.29, 0.717) is 22.5 Å². The van der Waals surface area contributed by atoms with Gasteiger partial charge in [-0.15, -0.1) is 0 Å². The highest BCUT2D eigenvalue weighted by atomic mass is 35.5. The molecule has 1 heterocycles. The number of likely N-dealkylation sites (N-methyl/N-ethyl adjacent to an activating group) is 1. The van der Waals surface area contributed by atoms with Crippen molar-refractivity contribution < 1.29 is 9.72 Å². The monoisotopic (exact) mass is 419 g/mol. The van der Waals surface area contributed by atoms with Crippen LogP contribution in [-0.2, 0) is 0 Å². The average molecular weight is 420 g/mol. The van der Waals surface area contributed by atoms with E-state index in [2.05, 4.69) is 17.1 Å². The van der Waals surface area contributed by atoms with Gasteiger partial charge in [0, 0.05) is 29.1 Å². The van der Waals surface area contributed by atoms with E-state index in [1.54, 1.807) is 30.3 Å². The van der Waals surface area contributed by atoms with Gasteiger partial charge in [0.2, 0.25) is 0 Å². The second kappa shape index (κ2) is 9.41. The third kappa shape index (κ3) is 4.84. The zero-order chi connectivity index (χ0) is 20.1. The summed E-state index contributed by atoms with van der Waals surface area (Å²) < 4.78 is 0. The maximum absolute atomic E-state index is 12.5. The molecular weight excluding hydrogens is 398 g/mol. The number of rotatable bonds is 7. The van der Waals surface area contributed by atoms with E-state index < -0.39 is 4.92 Å². The average Bonchev–Trinajstić information content (AvgIpc) is 3.15. The van der Waals surface area contributed by atoms with Gasteiger partial charge in [0.05, 0.1) is 14.8 Å². The number of likely N-dealkylation sites (tertiary alicyclic amines) is 1. The normalized spacial score (nSPS) is 16.9. The van der Waals surface area contributed by atoms with Gasteiger partial charge in [0.15, 0.2) is 0 Å². The third-order valence-corrected chi connectivity index (χ3v) is 6.46. The van der Waals surface area contributed by atoms with Crippen LogP contribution in [0.3, 0.4) is 0 Å². The van der Waals surface area contributed by atoms with E-state index in [4.69, 9.17) is 11.6 Å². The molecule has 2 aromatic rings. The fraction of sp³-hybridized carbons (Fsp3) is 0.350. The second-order valence-corrected chi connectivity index (χ2v) is 8.10. The minimum atomic E-state index is -0.467. The Kier molecular flexibility index (Phi) is 6.93. The molecule has 0 bridgehead atoms. The van der Waals surface area contributed by atoms with Crippen LogP contribution in [-0.4, -0.2) is 41.4 Å². The van der Waals surface area contributed by atoms with Crippen LogP contribution in [0.2, 0.25) is 5.02 Å². The van der Waals surface area contributed by atoms with Crippen molar-refractivity contribution in [1.82, 2.24) is 10.2 Å². The van der Waals surface area contributed by atoms with Crippen molar-refractivity contribution in [2.45, 2.75) is 35.6 Å². The van der Waals surface area contributed by atoms with Crippen molar-refractivity contribution in [3.8, 4) is 0 Å². The van der Waals surface area contributed by atoms with Crippen LogP contribution >= 0.6 is 23.4 Å². The summed E-state index contributed by atoms with van der Waals surface area (Å²) in [6.45, 7) is 4.67. The number of amides is 1. The highest BCUT2D eigenvalue weighted by Gasteiger charge is 2.24. The van der Waals surface area contributed by atoms with E-state index in [1.807, 2.05) is 6.07 Å². The van der Waals surface area contributed by atoms with Crippen LogP contribution in [0.1, 0.15) is 30.1 Å². The third-order valence-electron chi connectivity index (χ3n) is 4.88. The summed E-state index contributed by atoms with van der Waals surface area (Å²) >= 11 is 7.37. The van der Waals surface area contributed by atoms with Crippen LogP contribution < -0.4 is 5.32 Å². The molecule has 1 saturated heterocycles. The minimum absolute atomic E-state index is 0.103. The molecule has 0 saturated carbocycles. The van der Waals surface area contributed by atoms with Gasteiger partial charge >= 0.3 is 0 Å². The fourth-order valence-corrected chi connectivity index (χ4v) is 4.56. The van der Waals surface area contributed by atoms with Crippen molar-refractivity contribution in [2.24, 2.45) is 0 Å². The molecule has 1 N–H and O–H groups in total. The van der Waals surface area contributed by atoms with E-state index in [0.717, 1.165) is 30.8 Å². The molecule has 1 fully saturated rings. The van der Waals surface area contributed by atoms with Crippen LogP contribution in [0.4, 0.5) is 5.69 Å². The number of hydrogen-bond donors (Lipinski definition) is 1. The molecule has 0 aliphatic carbocycles. The van der Waals surface area contributed by atoms with Gasteiger partial charge in [-0.05, 0) is 50.2 Å². The number of nitro benzene ring substituents is 1. The maximum atomic E-state index is 12.5. The number of carbonyl (C=O) groups excluding carboxylic acids is 1. The number of hydrogen-bond acceptors (Lipinski definition) is 5. The first kappa shape index (κ1) is 20.6. The van der Waals surface area contributed by atoms with Gasteiger partial charge in [-0.25, -0.2) is 0 Å². The number of nitrogens with one attached hydrogen (secondary N) is 1. The molecule has 148 valence electrons. The highest BCUT2D eigenvalue weighted by molar-refractivity contribution is 7.99. The quantitative estimate of drug-likeness (QED) is 0.523. The van der Waals surface area contributed by atoms with Crippen molar-refractivity contribution >= 4 is 35.0 Å². The molecule has 1 amide bonds. The minimum Gasteiger partial charge on any atom is -0.350 e. The molecule has 6 nitrogen and oxygen atoms in total. The number of nitrogens with zero attached hydrogens (tertiary/aromatic N) is 2. The van der Waals surface area contributed by atoms with E-state index >= 15 is 0 Å². The Bertz CT molecular complexity index is 878. The molecule has 2 aromatic carbocycles. The number of carbonyl (C=O) groups is 1. The number of benzene rings is 2. The lowest BCUT2D eigenvalue weighted by Gasteiger charge is -2.22. The Morgan fingerprint density at radius 3 is 2.82 bits per heavy atom. The summed E-state index contributed by atoms with van der Waals surface area (Å²) in [6.07, 6.45) is 2.19. The molecule has 0 aromatic heterocycles. The van der Waals surface area contributed by atoms with Gasteiger partial charge in [-0.3, -0.25) is 19.8 Å².